The van der Waals surface area contributed by atoms with Crippen molar-refractivity contribution in [3.63, 3.8) is 0 Å². The van der Waals surface area contributed by atoms with Crippen LogP contribution in [-0.2, 0) is 4.79 Å². The summed E-state index contributed by atoms with van der Waals surface area (Å²) in [5.41, 5.74) is 2.62. The molecular weight excluding hydrogens is 357 g/mol. The first-order chi connectivity index (χ1) is 13.4. The van der Waals surface area contributed by atoms with Crippen LogP contribution in [0, 0.1) is 12.7 Å². The predicted octanol–water partition coefficient (Wildman–Crippen LogP) is 4.77. The normalized spacial score (nSPS) is 11.5. The van der Waals surface area contributed by atoms with E-state index in [4.69, 9.17) is 4.74 Å². The van der Waals surface area contributed by atoms with Crippen LogP contribution in [0.5, 0.6) is 5.75 Å². The molecule has 0 saturated heterocycles. The summed E-state index contributed by atoms with van der Waals surface area (Å²) >= 11 is 0. The minimum absolute atomic E-state index is 0.211. The molecule has 0 fully saturated rings. The van der Waals surface area contributed by atoms with Crippen LogP contribution >= 0.6 is 0 Å². The highest BCUT2D eigenvalue weighted by molar-refractivity contribution is 6.09. The molecular formula is C23H20FNO3. The van der Waals surface area contributed by atoms with Gasteiger partial charge in [0.05, 0.1) is 0 Å². The van der Waals surface area contributed by atoms with E-state index in [9.17, 15) is 14.0 Å². The molecule has 3 rings (SSSR count). The quantitative estimate of drug-likeness (QED) is 0.630. The number of hydrogen-bond acceptors (Lipinski definition) is 3. The number of carbonyl (C=O) groups is 2. The first kappa shape index (κ1) is 19.3. The number of rotatable bonds is 6. The molecule has 0 unspecified atom stereocenters. The van der Waals surface area contributed by atoms with Crippen molar-refractivity contribution in [3.8, 4) is 5.75 Å². The molecule has 0 aliphatic carbocycles. The Balaban J connectivity index is 1.62. The van der Waals surface area contributed by atoms with E-state index in [1.807, 2.05) is 31.2 Å². The van der Waals surface area contributed by atoms with E-state index < -0.39 is 11.9 Å². The van der Waals surface area contributed by atoms with Gasteiger partial charge < -0.3 is 10.1 Å². The fraction of sp³-hybridized carbons (Fsp3) is 0.130. The highest BCUT2D eigenvalue weighted by atomic mass is 19.1. The molecule has 3 aromatic carbocycles. The van der Waals surface area contributed by atoms with Crippen LogP contribution in [0.3, 0.4) is 0 Å². The van der Waals surface area contributed by atoms with Crippen LogP contribution in [-0.4, -0.2) is 17.8 Å². The van der Waals surface area contributed by atoms with Crippen LogP contribution in [0.2, 0.25) is 0 Å². The SMILES string of the molecule is Cc1cccc(NC(=O)[C@H](C)Oc2ccc(C(=O)c3ccc(F)cc3)cc2)c1. The number of carbonyl (C=O) groups excluding carboxylic acids is 2. The highest BCUT2D eigenvalue weighted by Gasteiger charge is 2.16. The van der Waals surface area contributed by atoms with Gasteiger partial charge in [0.1, 0.15) is 11.6 Å². The average molecular weight is 377 g/mol. The fourth-order valence-electron chi connectivity index (χ4n) is 2.68. The molecule has 0 bridgehead atoms. The smallest absolute Gasteiger partial charge is 0.265 e. The van der Waals surface area contributed by atoms with Crippen LogP contribution in [0.15, 0.2) is 72.8 Å². The Bertz CT molecular complexity index is 981. The first-order valence-corrected chi connectivity index (χ1v) is 8.87. The van der Waals surface area contributed by atoms with Crippen molar-refractivity contribution < 1.29 is 18.7 Å². The molecule has 0 heterocycles. The van der Waals surface area contributed by atoms with Crippen molar-refractivity contribution in [2.45, 2.75) is 20.0 Å². The van der Waals surface area contributed by atoms with Crippen molar-refractivity contribution in [3.05, 3.63) is 95.3 Å². The minimum Gasteiger partial charge on any atom is -0.481 e. The number of ether oxygens (including phenoxy) is 1. The second-order valence-corrected chi connectivity index (χ2v) is 6.48. The van der Waals surface area contributed by atoms with E-state index in [2.05, 4.69) is 5.32 Å². The van der Waals surface area contributed by atoms with Crippen molar-refractivity contribution in [2.24, 2.45) is 0 Å². The van der Waals surface area contributed by atoms with Crippen molar-refractivity contribution >= 4 is 17.4 Å². The Hall–Kier alpha value is -3.47. The monoisotopic (exact) mass is 377 g/mol. The lowest BCUT2D eigenvalue weighted by atomic mass is 10.0. The summed E-state index contributed by atoms with van der Waals surface area (Å²) in [5, 5.41) is 2.81. The Morgan fingerprint density at radius 3 is 2.14 bits per heavy atom. The van der Waals surface area contributed by atoms with E-state index in [1.54, 1.807) is 31.2 Å². The van der Waals surface area contributed by atoms with Gasteiger partial charge in [-0.3, -0.25) is 9.59 Å². The van der Waals surface area contributed by atoms with Gasteiger partial charge >= 0.3 is 0 Å². The van der Waals surface area contributed by atoms with Crippen LogP contribution < -0.4 is 10.1 Å². The van der Waals surface area contributed by atoms with E-state index in [0.717, 1.165) is 5.56 Å². The molecule has 0 aromatic heterocycles. The van der Waals surface area contributed by atoms with E-state index in [-0.39, 0.29) is 11.7 Å². The lowest BCUT2D eigenvalue weighted by Gasteiger charge is -2.15. The molecule has 0 radical (unpaired) electrons. The van der Waals surface area contributed by atoms with Crippen LogP contribution in [0.1, 0.15) is 28.4 Å². The van der Waals surface area contributed by atoms with E-state index in [1.165, 1.54) is 24.3 Å². The standard InChI is InChI=1S/C23H20FNO3/c1-15-4-3-5-20(14-15)25-23(27)16(2)28-21-12-8-18(9-13-21)22(26)17-6-10-19(24)11-7-17/h3-14,16H,1-2H3,(H,25,27)/t16-/m0/s1. The zero-order valence-corrected chi connectivity index (χ0v) is 15.6. The van der Waals surface area contributed by atoms with Gasteiger partial charge in [-0.05, 0) is 80.1 Å². The number of aryl methyl sites for hydroxylation is 1. The summed E-state index contributed by atoms with van der Waals surface area (Å²) in [6.45, 7) is 3.60. The third-order valence-electron chi connectivity index (χ3n) is 4.19. The summed E-state index contributed by atoms with van der Waals surface area (Å²) < 4.78 is 18.7. The Morgan fingerprint density at radius 1 is 0.929 bits per heavy atom. The van der Waals surface area contributed by atoms with Crippen molar-refractivity contribution in [1.29, 1.82) is 0 Å². The Morgan fingerprint density at radius 2 is 1.54 bits per heavy atom. The van der Waals surface area contributed by atoms with E-state index in [0.29, 0.717) is 22.6 Å². The summed E-state index contributed by atoms with van der Waals surface area (Å²) in [6.07, 6.45) is -0.709. The predicted molar refractivity (Wildman–Crippen MR) is 106 cm³/mol. The number of ketones is 1. The van der Waals surface area contributed by atoms with Gasteiger partial charge in [-0.15, -0.1) is 0 Å². The van der Waals surface area contributed by atoms with Gasteiger partial charge in [-0.2, -0.15) is 0 Å². The third-order valence-corrected chi connectivity index (χ3v) is 4.19. The highest BCUT2D eigenvalue weighted by Crippen LogP contribution is 2.18. The maximum absolute atomic E-state index is 13.0. The summed E-state index contributed by atoms with van der Waals surface area (Å²) in [7, 11) is 0. The van der Waals surface area contributed by atoms with Crippen LogP contribution in [0.4, 0.5) is 10.1 Å². The lowest BCUT2D eigenvalue weighted by Crippen LogP contribution is -2.30. The molecule has 4 nitrogen and oxygen atoms in total. The number of amides is 1. The number of anilines is 1. The maximum Gasteiger partial charge on any atom is 0.265 e. The molecule has 1 amide bonds. The Kier molecular flexibility index (Phi) is 5.84. The third kappa shape index (κ3) is 4.82. The van der Waals surface area contributed by atoms with Gasteiger partial charge in [-0.1, -0.05) is 12.1 Å². The molecule has 0 aliphatic heterocycles. The first-order valence-electron chi connectivity index (χ1n) is 8.87. The molecule has 28 heavy (non-hydrogen) atoms. The van der Waals surface area contributed by atoms with Crippen LogP contribution in [0.25, 0.3) is 0 Å². The van der Waals surface area contributed by atoms with Gasteiger partial charge in [0.15, 0.2) is 11.9 Å². The number of halogens is 1. The zero-order chi connectivity index (χ0) is 20.1. The average Bonchev–Trinajstić information content (AvgIpc) is 2.68. The van der Waals surface area contributed by atoms with Gasteiger partial charge in [0.2, 0.25) is 0 Å². The zero-order valence-electron chi connectivity index (χ0n) is 15.6. The molecule has 0 saturated carbocycles. The number of benzene rings is 3. The second-order valence-electron chi connectivity index (χ2n) is 6.48. The maximum atomic E-state index is 13.0. The van der Waals surface area contributed by atoms with E-state index >= 15 is 0 Å². The summed E-state index contributed by atoms with van der Waals surface area (Å²) in [5.74, 6) is -0.394. The second kappa shape index (κ2) is 8.48. The molecule has 0 aliphatic rings. The van der Waals surface area contributed by atoms with Gasteiger partial charge in [0.25, 0.3) is 5.91 Å². The minimum atomic E-state index is -0.709. The topological polar surface area (TPSA) is 55.4 Å². The fourth-order valence-corrected chi connectivity index (χ4v) is 2.68. The molecule has 0 spiro atoms. The van der Waals surface area contributed by atoms with Crippen molar-refractivity contribution in [2.75, 3.05) is 5.32 Å². The van der Waals surface area contributed by atoms with Gasteiger partial charge in [-0.25, -0.2) is 4.39 Å². The molecule has 1 N–H and O–H groups in total. The molecule has 5 heteroatoms. The molecule has 142 valence electrons. The lowest BCUT2D eigenvalue weighted by molar-refractivity contribution is -0.122. The van der Waals surface area contributed by atoms with Gasteiger partial charge in [0, 0.05) is 16.8 Å². The number of nitrogens with one attached hydrogen (secondary N) is 1. The molecule has 3 aromatic rings. The summed E-state index contributed by atoms with van der Waals surface area (Å²) in [4.78, 5) is 24.7. The summed E-state index contributed by atoms with van der Waals surface area (Å²) in [6, 6.07) is 19.4. The van der Waals surface area contributed by atoms with Crippen molar-refractivity contribution in [1.82, 2.24) is 0 Å². The Labute approximate surface area is 163 Å². The largest absolute Gasteiger partial charge is 0.481 e. The molecule has 1 atom stereocenters. The number of hydrogen-bond donors (Lipinski definition) is 1.